The molecule has 1 aliphatic heterocycles. The number of nitrogens with one attached hydrogen (secondary N) is 2. The molecule has 1 fully saturated rings. The third kappa shape index (κ3) is 7.11. The lowest BCUT2D eigenvalue weighted by Crippen LogP contribution is -2.38. The zero-order valence-electron chi connectivity index (χ0n) is 17.5. The number of nitrogens with zero attached hydrogens (tertiary/aromatic N) is 3. The number of anilines is 1. The van der Waals surface area contributed by atoms with Crippen molar-refractivity contribution in [2.45, 2.75) is 33.7 Å². The second-order valence-electron chi connectivity index (χ2n) is 6.85. The first-order chi connectivity index (χ1) is 13.7. The summed E-state index contributed by atoms with van der Waals surface area (Å²) in [7, 11) is 0. The molecule has 1 saturated heterocycles. The van der Waals surface area contributed by atoms with Crippen LogP contribution in [0.25, 0.3) is 0 Å². The molecule has 1 aromatic carbocycles. The van der Waals surface area contributed by atoms with Crippen molar-refractivity contribution in [3.8, 4) is 0 Å². The van der Waals surface area contributed by atoms with Crippen molar-refractivity contribution in [1.82, 2.24) is 15.6 Å². The van der Waals surface area contributed by atoms with Crippen LogP contribution in [0.1, 0.15) is 28.1 Å². The molecule has 1 aliphatic rings. The molecule has 2 heterocycles. The molecule has 0 bridgehead atoms. The minimum Gasteiger partial charge on any atom is -0.378 e. The van der Waals surface area contributed by atoms with Gasteiger partial charge in [-0.1, -0.05) is 18.2 Å². The molecule has 1 aromatic heterocycles. The van der Waals surface area contributed by atoms with Crippen LogP contribution in [0, 0.1) is 13.8 Å². The van der Waals surface area contributed by atoms with E-state index in [0.29, 0.717) is 6.54 Å². The topological polar surface area (TPSA) is 61.8 Å². The van der Waals surface area contributed by atoms with Crippen molar-refractivity contribution >= 4 is 47.0 Å². The summed E-state index contributed by atoms with van der Waals surface area (Å²) in [5.74, 6) is 0.851. The number of aromatic nitrogens is 1. The van der Waals surface area contributed by atoms with Gasteiger partial charge >= 0.3 is 0 Å². The van der Waals surface area contributed by atoms with Crippen LogP contribution in [-0.4, -0.2) is 50.3 Å². The maximum absolute atomic E-state index is 5.49. The number of hydrogen-bond acceptors (Lipinski definition) is 5. The van der Waals surface area contributed by atoms with Crippen LogP contribution in [0.15, 0.2) is 29.3 Å². The predicted molar refractivity (Wildman–Crippen MR) is 133 cm³/mol. The van der Waals surface area contributed by atoms with E-state index in [1.807, 2.05) is 0 Å². The first-order valence-corrected chi connectivity index (χ1v) is 10.8. The van der Waals surface area contributed by atoms with E-state index < -0.39 is 0 Å². The van der Waals surface area contributed by atoms with Gasteiger partial charge in [-0.05, 0) is 32.4 Å². The summed E-state index contributed by atoms with van der Waals surface area (Å²) >= 11 is 1.78. The first-order valence-electron chi connectivity index (χ1n) is 10.0. The second-order valence-corrected chi connectivity index (χ2v) is 8.14. The van der Waals surface area contributed by atoms with Crippen LogP contribution in [0.5, 0.6) is 0 Å². The molecular formula is C21H32IN5OS. The molecule has 0 amide bonds. The smallest absolute Gasteiger partial charge is 0.191 e. The molecule has 3 rings (SSSR count). The van der Waals surface area contributed by atoms with E-state index in [4.69, 9.17) is 9.73 Å². The molecule has 29 heavy (non-hydrogen) atoms. The molecule has 0 spiro atoms. The summed E-state index contributed by atoms with van der Waals surface area (Å²) in [5, 5.41) is 7.96. The molecule has 6 nitrogen and oxygen atoms in total. The number of ether oxygens (including phenoxy) is 1. The number of rotatable bonds is 7. The Balaban J connectivity index is 0.00000300. The van der Waals surface area contributed by atoms with Gasteiger partial charge in [0.15, 0.2) is 5.96 Å². The van der Waals surface area contributed by atoms with E-state index in [1.165, 1.54) is 21.1 Å². The third-order valence-electron chi connectivity index (χ3n) is 4.80. The number of hydrogen-bond donors (Lipinski definition) is 2. The average molecular weight is 529 g/mol. The maximum atomic E-state index is 5.49. The Kier molecular flexibility index (Phi) is 10.2. The largest absolute Gasteiger partial charge is 0.378 e. The van der Waals surface area contributed by atoms with E-state index >= 15 is 0 Å². The lowest BCUT2D eigenvalue weighted by Gasteiger charge is -2.30. The highest BCUT2D eigenvalue weighted by Gasteiger charge is 2.14. The number of aliphatic imine (C=N–C) groups is 1. The zero-order chi connectivity index (χ0) is 19.8. The molecule has 0 atom stereocenters. The highest BCUT2D eigenvalue weighted by atomic mass is 127. The van der Waals surface area contributed by atoms with Gasteiger partial charge in [0.1, 0.15) is 0 Å². The van der Waals surface area contributed by atoms with Gasteiger partial charge in [0, 0.05) is 43.2 Å². The molecule has 2 aromatic rings. The fraction of sp³-hybridized carbons (Fsp3) is 0.524. The minimum atomic E-state index is 0. The van der Waals surface area contributed by atoms with E-state index in [0.717, 1.165) is 57.5 Å². The standard InChI is InChI=1S/C21H31N5OS.HI/c1-4-22-21(23-10-9-20-25-16(2)17(3)28-20)24-15-18-7-5-6-8-19(18)26-11-13-27-14-12-26;/h5-8H,4,9-15H2,1-3H3,(H2,22,23,24);1H. The molecule has 2 N–H and O–H groups in total. The van der Waals surface area contributed by atoms with Gasteiger partial charge in [0.25, 0.3) is 0 Å². The lowest BCUT2D eigenvalue weighted by atomic mass is 10.1. The van der Waals surface area contributed by atoms with Gasteiger partial charge in [-0.25, -0.2) is 9.98 Å². The Labute approximate surface area is 195 Å². The average Bonchev–Trinajstić information content (AvgIpc) is 3.04. The normalized spacial score (nSPS) is 14.4. The van der Waals surface area contributed by atoms with Crippen LogP contribution in [0.3, 0.4) is 0 Å². The fourth-order valence-corrected chi connectivity index (χ4v) is 4.13. The summed E-state index contributed by atoms with van der Waals surface area (Å²) in [6.07, 6.45) is 0.911. The number of guanidine groups is 1. The molecule has 0 unspecified atom stereocenters. The molecule has 160 valence electrons. The second kappa shape index (κ2) is 12.3. The Hall–Kier alpha value is -1.39. The van der Waals surface area contributed by atoms with Crippen molar-refractivity contribution in [1.29, 1.82) is 0 Å². The Bertz CT molecular complexity index is 770. The monoisotopic (exact) mass is 529 g/mol. The van der Waals surface area contributed by atoms with Crippen LogP contribution < -0.4 is 15.5 Å². The third-order valence-corrected chi connectivity index (χ3v) is 5.93. The van der Waals surface area contributed by atoms with Crippen molar-refractivity contribution in [2.75, 3.05) is 44.3 Å². The Morgan fingerprint density at radius 1 is 1.21 bits per heavy atom. The van der Waals surface area contributed by atoms with Crippen molar-refractivity contribution in [2.24, 2.45) is 4.99 Å². The fourth-order valence-electron chi connectivity index (χ4n) is 3.20. The van der Waals surface area contributed by atoms with Gasteiger partial charge < -0.3 is 20.3 Å². The van der Waals surface area contributed by atoms with Crippen molar-refractivity contribution in [3.05, 3.63) is 45.4 Å². The van der Waals surface area contributed by atoms with Gasteiger partial charge in [-0.15, -0.1) is 35.3 Å². The van der Waals surface area contributed by atoms with Gasteiger partial charge in [0.2, 0.25) is 0 Å². The van der Waals surface area contributed by atoms with E-state index in [-0.39, 0.29) is 24.0 Å². The van der Waals surface area contributed by atoms with E-state index in [9.17, 15) is 0 Å². The number of para-hydroxylation sites is 1. The highest BCUT2D eigenvalue weighted by molar-refractivity contribution is 14.0. The summed E-state index contributed by atoms with van der Waals surface area (Å²) in [6.45, 7) is 12.1. The SMILES string of the molecule is CCNC(=NCc1ccccc1N1CCOCC1)NCCc1nc(C)c(C)s1.I. The van der Waals surface area contributed by atoms with Gasteiger partial charge in [0.05, 0.1) is 30.5 Å². The zero-order valence-corrected chi connectivity index (χ0v) is 20.7. The minimum absolute atomic E-state index is 0. The molecule has 0 saturated carbocycles. The number of aryl methyl sites for hydroxylation is 2. The maximum Gasteiger partial charge on any atom is 0.191 e. The van der Waals surface area contributed by atoms with Gasteiger partial charge in [-0.2, -0.15) is 0 Å². The van der Waals surface area contributed by atoms with Crippen molar-refractivity contribution in [3.63, 3.8) is 0 Å². The summed E-state index contributed by atoms with van der Waals surface area (Å²) in [4.78, 5) is 13.1. The highest BCUT2D eigenvalue weighted by Crippen LogP contribution is 2.22. The van der Waals surface area contributed by atoms with E-state index in [2.05, 4.69) is 65.6 Å². The molecular weight excluding hydrogens is 497 g/mol. The van der Waals surface area contributed by atoms with Crippen LogP contribution in [0.4, 0.5) is 5.69 Å². The van der Waals surface area contributed by atoms with Crippen LogP contribution >= 0.6 is 35.3 Å². The number of benzene rings is 1. The van der Waals surface area contributed by atoms with Crippen LogP contribution in [0.2, 0.25) is 0 Å². The molecule has 8 heteroatoms. The summed E-state index contributed by atoms with van der Waals surface area (Å²) < 4.78 is 5.49. The number of halogens is 1. The Morgan fingerprint density at radius 2 is 1.97 bits per heavy atom. The van der Waals surface area contributed by atoms with Crippen molar-refractivity contribution < 1.29 is 4.74 Å². The van der Waals surface area contributed by atoms with Crippen LogP contribution in [-0.2, 0) is 17.7 Å². The summed E-state index contributed by atoms with van der Waals surface area (Å²) in [5.41, 5.74) is 3.65. The number of morpholine rings is 1. The molecule has 0 radical (unpaired) electrons. The quantitative estimate of drug-likeness (QED) is 0.327. The van der Waals surface area contributed by atoms with E-state index in [1.54, 1.807) is 11.3 Å². The molecule has 0 aliphatic carbocycles. The van der Waals surface area contributed by atoms with Gasteiger partial charge in [-0.3, -0.25) is 0 Å². The first kappa shape index (κ1) is 23.9. The lowest BCUT2D eigenvalue weighted by molar-refractivity contribution is 0.122. The Morgan fingerprint density at radius 3 is 2.66 bits per heavy atom. The predicted octanol–water partition coefficient (Wildman–Crippen LogP) is 3.51. The summed E-state index contributed by atoms with van der Waals surface area (Å²) in [6, 6.07) is 8.53. The number of thiazole rings is 1.